The van der Waals surface area contributed by atoms with E-state index in [-0.39, 0.29) is 24.0 Å². The van der Waals surface area contributed by atoms with Gasteiger partial charge in [-0.2, -0.15) is 0 Å². The van der Waals surface area contributed by atoms with Crippen LogP contribution in [0.15, 0.2) is 47.5 Å². The van der Waals surface area contributed by atoms with E-state index in [4.69, 9.17) is 14.2 Å². The molecular formula is C23H33IN4O3. The number of benzene rings is 2. The van der Waals surface area contributed by atoms with Gasteiger partial charge in [-0.3, -0.25) is 9.89 Å². The molecule has 1 heterocycles. The largest absolute Gasteiger partial charge is 0.493 e. The molecule has 0 radical (unpaired) electrons. The van der Waals surface area contributed by atoms with Gasteiger partial charge in [0, 0.05) is 39.8 Å². The summed E-state index contributed by atoms with van der Waals surface area (Å²) in [5, 5.41) is 6.73. The van der Waals surface area contributed by atoms with Crippen LogP contribution in [0.25, 0.3) is 0 Å². The molecule has 1 aliphatic rings. The van der Waals surface area contributed by atoms with Crippen molar-refractivity contribution in [2.24, 2.45) is 4.99 Å². The number of ether oxygens (including phenoxy) is 3. The Bertz CT molecular complexity index is 841. The highest BCUT2D eigenvalue weighted by Crippen LogP contribution is 2.27. The van der Waals surface area contributed by atoms with Crippen molar-refractivity contribution < 1.29 is 14.2 Å². The Morgan fingerprint density at radius 3 is 2.23 bits per heavy atom. The summed E-state index contributed by atoms with van der Waals surface area (Å²) in [6.07, 6.45) is 0. The normalized spacial score (nSPS) is 14.5. The number of hydrogen-bond acceptors (Lipinski definition) is 5. The molecule has 0 unspecified atom stereocenters. The van der Waals surface area contributed by atoms with E-state index in [0.29, 0.717) is 13.1 Å². The molecule has 2 aromatic rings. The molecule has 2 aromatic carbocycles. The molecule has 0 spiro atoms. The van der Waals surface area contributed by atoms with E-state index in [1.165, 1.54) is 11.1 Å². The smallest absolute Gasteiger partial charge is 0.191 e. The second-order valence-electron chi connectivity index (χ2n) is 7.18. The van der Waals surface area contributed by atoms with Gasteiger partial charge in [0.15, 0.2) is 17.5 Å². The van der Waals surface area contributed by atoms with E-state index in [9.17, 15) is 0 Å². The predicted molar refractivity (Wildman–Crippen MR) is 135 cm³/mol. The van der Waals surface area contributed by atoms with Gasteiger partial charge >= 0.3 is 0 Å². The molecule has 1 aliphatic heterocycles. The summed E-state index contributed by atoms with van der Waals surface area (Å²) in [4.78, 5) is 6.76. The zero-order chi connectivity index (χ0) is 21.2. The minimum Gasteiger partial charge on any atom is -0.493 e. The molecule has 1 saturated heterocycles. The van der Waals surface area contributed by atoms with Gasteiger partial charge in [-0.1, -0.05) is 30.3 Å². The maximum atomic E-state index is 5.43. The zero-order valence-electron chi connectivity index (χ0n) is 18.5. The molecule has 0 aromatic heterocycles. The van der Waals surface area contributed by atoms with Gasteiger partial charge < -0.3 is 24.8 Å². The fourth-order valence-corrected chi connectivity index (χ4v) is 3.44. The number of halogens is 1. The molecule has 3 rings (SSSR count). The first kappa shape index (κ1) is 25.2. The topological polar surface area (TPSA) is 67.4 Å². The van der Waals surface area contributed by atoms with Gasteiger partial charge in [0.05, 0.1) is 27.4 Å². The van der Waals surface area contributed by atoms with Crippen LogP contribution in [0.2, 0.25) is 0 Å². The van der Waals surface area contributed by atoms with Crippen LogP contribution in [0.3, 0.4) is 0 Å². The Balaban J connectivity index is 0.00000341. The highest BCUT2D eigenvalue weighted by Gasteiger charge is 2.11. The summed E-state index contributed by atoms with van der Waals surface area (Å²) in [6, 6.07) is 14.6. The van der Waals surface area contributed by atoms with E-state index < -0.39 is 0 Å². The van der Waals surface area contributed by atoms with Crippen molar-refractivity contribution in [1.29, 1.82) is 0 Å². The van der Waals surface area contributed by atoms with Crippen molar-refractivity contribution in [3.63, 3.8) is 0 Å². The van der Waals surface area contributed by atoms with Gasteiger partial charge in [0.25, 0.3) is 0 Å². The molecule has 7 nitrogen and oxygen atoms in total. The van der Waals surface area contributed by atoms with Crippen molar-refractivity contribution >= 4 is 29.9 Å². The van der Waals surface area contributed by atoms with Crippen LogP contribution in [0.1, 0.15) is 16.7 Å². The lowest BCUT2D eigenvalue weighted by Gasteiger charge is -2.26. The lowest BCUT2D eigenvalue weighted by Crippen LogP contribution is -2.36. The molecule has 170 valence electrons. The second-order valence-corrected chi connectivity index (χ2v) is 7.18. The van der Waals surface area contributed by atoms with Crippen molar-refractivity contribution in [3.05, 3.63) is 59.2 Å². The number of hydrogen-bond donors (Lipinski definition) is 2. The lowest BCUT2D eigenvalue weighted by molar-refractivity contribution is 0.0342. The van der Waals surface area contributed by atoms with Crippen LogP contribution in [0.4, 0.5) is 0 Å². The van der Waals surface area contributed by atoms with Crippen molar-refractivity contribution in [1.82, 2.24) is 15.5 Å². The Kier molecular flexibility index (Phi) is 10.9. The summed E-state index contributed by atoms with van der Waals surface area (Å²) >= 11 is 0. The minimum absolute atomic E-state index is 0. The third-order valence-electron chi connectivity index (χ3n) is 5.09. The van der Waals surface area contributed by atoms with E-state index in [1.54, 1.807) is 21.3 Å². The van der Waals surface area contributed by atoms with Crippen LogP contribution >= 0.6 is 24.0 Å². The number of guanidine groups is 1. The van der Waals surface area contributed by atoms with E-state index >= 15 is 0 Å². The third-order valence-corrected chi connectivity index (χ3v) is 5.09. The number of morpholine rings is 1. The first-order chi connectivity index (χ1) is 14.7. The van der Waals surface area contributed by atoms with E-state index in [0.717, 1.165) is 55.9 Å². The number of methoxy groups -OCH3 is 2. The van der Waals surface area contributed by atoms with Crippen LogP contribution in [0.5, 0.6) is 11.5 Å². The van der Waals surface area contributed by atoms with E-state index in [2.05, 4.69) is 44.8 Å². The van der Waals surface area contributed by atoms with Crippen LogP contribution in [0, 0.1) is 0 Å². The number of rotatable bonds is 8. The Labute approximate surface area is 202 Å². The molecule has 0 saturated carbocycles. The number of nitrogens with one attached hydrogen (secondary N) is 2. The maximum absolute atomic E-state index is 5.43. The summed E-state index contributed by atoms with van der Waals surface area (Å²) in [7, 11) is 5.05. The van der Waals surface area contributed by atoms with Crippen molar-refractivity contribution in [3.8, 4) is 11.5 Å². The van der Waals surface area contributed by atoms with Gasteiger partial charge in [-0.25, -0.2) is 0 Å². The molecule has 0 amide bonds. The Hall–Kier alpha value is -2.04. The SMILES string of the molecule is CN=C(NCc1cccc(CN2CCOCC2)c1)NCc1ccc(OC)c(OC)c1.I. The zero-order valence-corrected chi connectivity index (χ0v) is 20.8. The van der Waals surface area contributed by atoms with Gasteiger partial charge in [-0.05, 0) is 28.8 Å². The fourth-order valence-electron chi connectivity index (χ4n) is 3.44. The Morgan fingerprint density at radius 2 is 1.58 bits per heavy atom. The molecule has 31 heavy (non-hydrogen) atoms. The lowest BCUT2D eigenvalue weighted by atomic mass is 10.1. The van der Waals surface area contributed by atoms with E-state index in [1.807, 2.05) is 18.2 Å². The monoisotopic (exact) mass is 540 g/mol. The standard InChI is InChI=1S/C23H32N4O3.HI/c1-24-23(26-16-19-7-8-21(28-2)22(14-19)29-3)25-15-18-5-4-6-20(13-18)17-27-9-11-30-12-10-27;/h4-8,13-14H,9-12,15-17H2,1-3H3,(H2,24,25,26);1H. The molecule has 0 bridgehead atoms. The number of aliphatic imine (C=N–C) groups is 1. The van der Waals surface area contributed by atoms with Crippen molar-refractivity contribution in [2.45, 2.75) is 19.6 Å². The summed E-state index contributed by atoms with van der Waals surface area (Å²) in [5.74, 6) is 2.20. The highest BCUT2D eigenvalue weighted by molar-refractivity contribution is 14.0. The molecule has 2 N–H and O–H groups in total. The third kappa shape index (κ3) is 7.86. The highest BCUT2D eigenvalue weighted by atomic mass is 127. The van der Waals surface area contributed by atoms with Gasteiger partial charge in [0.1, 0.15) is 0 Å². The first-order valence-corrected chi connectivity index (χ1v) is 10.2. The number of nitrogens with zero attached hydrogens (tertiary/aromatic N) is 2. The van der Waals surface area contributed by atoms with Crippen LogP contribution in [-0.2, 0) is 24.4 Å². The van der Waals surface area contributed by atoms with Crippen LogP contribution in [-0.4, -0.2) is 58.4 Å². The average molecular weight is 540 g/mol. The quantitative estimate of drug-likeness (QED) is 0.305. The summed E-state index contributed by atoms with van der Waals surface area (Å²) < 4.78 is 16.1. The summed E-state index contributed by atoms with van der Waals surface area (Å²) in [6.45, 7) is 5.94. The molecule has 0 atom stereocenters. The molecular weight excluding hydrogens is 507 g/mol. The summed E-state index contributed by atoms with van der Waals surface area (Å²) in [5.41, 5.74) is 3.64. The van der Waals surface area contributed by atoms with Gasteiger partial charge in [-0.15, -0.1) is 24.0 Å². The van der Waals surface area contributed by atoms with Crippen LogP contribution < -0.4 is 20.1 Å². The predicted octanol–water partition coefficient (Wildman–Crippen LogP) is 3.02. The minimum atomic E-state index is 0. The molecule has 1 fully saturated rings. The molecule has 0 aliphatic carbocycles. The first-order valence-electron chi connectivity index (χ1n) is 10.2. The Morgan fingerprint density at radius 1 is 0.935 bits per heavy atom. The maximum Gasteiger partial charge on any atom is 0.191 e. The second kappa shape index (κ2) is 13.4. The van der Waals surface area contributed by atoms with Crippen molar-refractivity contribution in [2.75, 3.05) is 47.6 Å². The average Bonchev–Trinajstić information content (AvgIpc) is 2.80. The molecule has 8 heteroatoms. The van der Waals surface area contributed by atoms with Gasteiger partial charge in [0.2, 0.25) is 0 Å². The fraction of sp³-hybridized carbons (Fsp3) is 0.435.